The van der Waals surface area contributed by atoms with Crippen LogP contribution < -0.4 is 4.74 Å². The van der Waals surface area contributed by atoms with Gasteiger partial charge in [-0.05, 0) is 17.7 Å². The average Bonchev–Trinajstić information content (AvgIpc) is 2.78. The van der Waals surface area contributed by atoms with Crippen LogP contribution in [0.4, 0.5) is 27.6 Å². The summed E-state index contributed by atoms with van der Waals surface area (Å²) in [6.07, 6.45) is 0.794. The summed E-state index contributed by atoms with van der Waals surface area (Å²) in [6.45, 7) is 0. The van der Waals surface area contributed by atoms with Gasteiger partial charge in [-0.2, -0.15) is 0 Å². The minimum atomic E-state index is -2.27. The van der Waals surface area contributed by atoms with E-state index in [4.69, 9.17) is 21.8 Å². The molecule has 0 heterocycles. The number of aromatic hydroxyl groups is 1. The van der Waals surface area contributed by atoms with Crippen LogP contribution in [-0.4, -0.2) is 18.4 Å². The van der Waals surface area contributed by atoms with E-state index in [-0.39, 0.29) is 17.1 Å². The molecule has 0 fully saturated rings. The standard InChI is InChI=1S/C20H12F5NO2.2ClH.Zr/c1-28-12-7-11(20(27)13(8-12)10-5-3-2-4-6-10)9-26-19-17(24)15(22)14(21)16(23)18(19)25;;;/h2-9,27H,1H3;2*1H;/q;;;+2/p-2. The predicted octanol–water partition coefficient (Wildman–Crippen LogP) is 6.89. The molecule has 3 aromatic rings. The van der Waals surface area contributed by atoms with Crippen LogP contribution in [0.5, 0.6) is 11.5 Å². The number of nitrogens with zero attached hydrogens (tertiary/aromatic N) is 1. The normalized spacial score (nSPS) is 10.6. The van der Waals surface area contributed by atoms with Crippen LogP contribution in [0.25, 0.3) is 11.1 Å². The van der Waals surface area contributed by atoms with Crippen molar-refractivity contribution in [1.29, 1.82) is 0 Å². The number of hydrogen-bond donors (Lipinski definition) is 1. The van der Waals surface area contributed by atoms with Gasteiger partial charge in [0.25, 0.3) is 0 Å². The third-order valence-electron chi connectivity index (χ3n) is 3.95. The van der Waals surface area contributed by atoms with Crippen molar-refractivity contribution in [2.24, 2.45) is 4.99 Å². The second-order valence-corrected chi connectivity index (χ2v) is 9.46. The van der Waals surface area contributed by atoms with Gasteiger partial charge in [0.1, 0.15) is 17.2 Å². The zero-order chi connectivity index (χ0) is 23.1. The molecular formula is C20H12Cl2F5NO2Zr. The summed E-state index contributed by atoms with van der Waals surface area (Å²) in [6, 6.07) is 11.5. The molecule has 3 aromatic carbocycles. The fourth-order valence-corrected chi connectivity index (χ4v) is 2.52. The first kappa shape index (κ1) is 25.3. The Morgan fingerprint density at radius 3 is 1.94 bits per heavy atom. The maximum absolute atomic E-state index is 13.8. The van der Waals surface area contributed by atoms with Gasteiger partial charge < -0.3 is 9.84 Å². The third kappa shape index (κ3) is 5.85. The van der Waals surface area contributed by atoms with Crippen LogP contribution in [-0.2, 0) is 20.8 Å². The van der Waals surface area contributed by atoms with Crippen molar-refractivity contribution in [3.05, 3.63) is 77.1 Å². The fraction of sp³-hybridized carbons (Fsp3) is 0.0500. The number of hydrogen-bond acceptors (Lipinski definition) is 3. The van der Waals surface area contributed by atoms with Gasteiger partial charge in [0, 0.05) is 17.3 Å². The van der Waals surface area contributed by atoms with Crippen molar-refractivity contribution < 1.29 is 52.6 Å². The van der Waals surface area contributed by atoms with E-state index in [1.165, 1.54) is 19.2 Å². The molecule has 0 saturated heterocycles. The average molecular weight is 555 g/mol. The second kappa shape index (κ2) is 11.6. The molecule has 0 unspecified atom stereocenters. The van der Waals surface area contributed by atoms with Gasteiger partial charge in [-0.25, -0.2) is 26.9 Å². The topological polar surface area (TPSA) is 41.8 Å². The maximum atomic E-state index is 13.8. The van der Waals surface area contributed by atoms with E-state index in [0.717, 1.165) is 6.21 Å². The molecule has 0 amide bonds. The Balaban J connectivity index is 0.00000107. The van der Waals surface area contributed by atoms with Gasteiger partial charge in [0.2, 0.25) is 5.82 Å². The zero-order valence-corrected chi connectivity index (χ0v) is 19.5. The van der Waals surface area contributed by atoms with Crippen molar-refractivity contribution in [3.8, 4) is 22.6 Å². The van der Waals surface area contributed by atoms with Gasteiger partial charge in [0.15, 0.2) is 23.3 Å². The van der Waals surface area contributed by atoms with Crippen LogP contribution in [0.1, 0.15) is 5.56 Å². The number of phenols is 1. The van der Waals surface area contributed by atoms with E-state index in [1.54, 1.807) is 30.3 Å². The van der Waals surface area contributed by atoms with Crippen molar-refractivity contribution in [3.63, 3.8) is 0 Å². The first-order valence-corrected chi connectivity index (χ1v) is 14.6. The molecule has 1 N–H and O–H groups in total. The van der Waals surface area contributed by atoms with Crippen LogP contribution in [0, 0.1) is 29.1 Å². The Morgan fingerprint density at radius 2 is 1.42 bits per heavy atom. The SMILES string of the molecule is COc1cc(C=Nc2c(F)c(F)c(F)c(F)c2F)c(O)c(-c2ccccc2)c1.[Cl][Zr][Cl]. The van der Waals surface area contributed by atoms with E-state index >= 15 is 0 Å². The summed E-state index contributed by atoms with van der Waals surface area (Å²) in [5, 5.41) is 10.5. The summed E-state index contributed by atoms with van der Waals surface area (Å²) >= 11 is -0.826. The van der Waals surface area contributed by atoms with Gasteiger partial charge in [-0.3, -0.25) is 0 Å². The molecule has 11 heteroatoms. The van der Waals surface area contributed by atoms with Gasteiger partial charge in [-0.15, -0.1) is 0 Å². The second-order valence-electron chi connectivity index (χ2n) is 5.73. The molecule has 3 rings (SSSR count). The molecule has 0 aliphatic carbocycles. The first-order chi connectivity index (χ1) is 14.8. The van der Waals surface area contributed by atoms with Crippen molar-refractivity contribution in [2.45, 2.75) is 0 Å². The molecule has 0 spiro atoms. The van der Waals surface area contributed by atoms with E-state index in [9.17, 15) is 27.1 Å². The molecule has 0 aliphatic rings. The summed E-state index contributed by atoms with van der Waals surface area (Å²) in [5.41, 5.74) is -0.453. The molecule has 0 radical (unpaired) electrons. The van der Waals surface area contributed by atoms with Crippen LogP contribution in [0.15, 0.2) is 47.5 Å². The number of halogens is 7. The van der Waals surface area contributed by atoms with Gasteiger partial charge in [-0.1, -0.05) is 30.3 Å². The Hall–Kier alpha value is -1.96. The van der Waals surface area contributed by atoms with E-state index in [0.29, 0.717) is 11.1 Å². The number of benzene rings is 3. The van der Waals surface area contributed by atoms with Crippen molar-refractivity contribution >= 4 is 28.9 Å². The molecule has 162 valence electrons. The number of phenolic OH excluding ortho intramolecular Hbond substituents is 1. The van der Waals surface area contributed by atoms with Crippen LogP contribution in [0.2, 0.25) is 0 Å². The monoisotopic (exact) mass is 553 g/mol. The van der Waals surface area contributed by atoms with E-state index in [2.05, 4.69) is 4.99 Å². The molecule has 0 saturated carbocycles. The third-order valence-corrected chi connectivity index (χ3v) is 3.95. The Morgan fingerprint density at radius 1 is 0.903 bits per heavy atom. The quantitative estimate of drug-likeness (QED) is 0.165. The fourth-order valence-electron chi connectivity index (χ4n) is 2.52. The summed E-state index contributed by atoms with van der Waals surface area (Å²) in [4.78, 5) is 3.37. The summed E-state index contributed by atoms with van der Waals surface area (Å²) in [7, 11) is 11.2. The molecule has 0 atom stereocenters. The Bertz CT molecular complexity index is 1070. The molecule has 31 heavy (non-hydrogen) atoms. The number of methoxy groups -OCH3 is 1. The van der Waals surface area contributed by atoms with E-state index in [1.807, 2.05) is 0 Å². The van der Waals surface area contributed by atoms with E-state index < -0.39 is 55.6 Å². The predicted molar refractivity (Wildman–Crippen MR) is 105 cm³/mol. The first-order valence-electron chi connectivity index (χ1n) is 8.24. The van der Waals surface area contributed by atoms with Gasteiger partial charge >= 0.3 is 37.9 Å². The molecule has 0 aliphatic heterocycles. The zero-order valence-electron chi connectivity index (χ0n) is 15.6. The minimum absolute atomic E-state index is 0.0397. The summed E-state index contributed by atoms with van der Waals surface area (Å²) in [5.74, 6) is -10.6. The number of aliphatic imine (C=N–C) groups is 1. The molecule has 3 nitrogen and oxygen atoms in total. The molecule has 0 aromatic heterocycles. The molecular weight excluding hydrogens is 543 g/mol. The Kier molecular flexibility index (Phi) is 9.47. The summed E-state index contributed by atoms with van der Waals surface area (Å²) < 4.78 is 72.4. The van der Waals surface area contributed by atoms with Crippen LogP contribution in [0.3, 0.4) is 0 Å². The Labute approximate surface area is 192 Å². The number of rotatable bonds is 4. The van der Waals surface area contributed by atoms with Crippen molar-refractivity contribution in [2.75, 3.05) is 7.11 Å². The van der Waals surface area contributed by atoms with Gasteiger partial charge in [0.05, 0.1) is 7.11 Å². The number of ether oxygens (including phenoxy) is 1. The van der Waals surface area contributed by atoms with Crippen LogP contribution >= 0.6 is 17.0 Å². The van der Waals surface area contributed by atoms with Crippen molar-refractivity contribution in [1.82, 2.24) is 0 Å². The molecule has 0 bridgehead atoms.